The van der Waals surface area contributed by atoms with Gasteiger partial charge in [-0.3, -0.25) is 4.99 Å². The largest absolute Gasteiger partial charge is 0.486 e. The van der Waals surface area contributed by atoms with Crippen LogP contribution in [0.25, 0.3) is 11.3 Å². The van der Waals surface area contributed by atoms with Crippen molar-refractivity contribution in [3.05, 3.63) is 76.7 Å². The Labute approximate surface area is 165 Å². The maximum absolute atomic E-state index is 13.3. The highest BCUT2D eigenvalue weighted by Gasteiger charge is 2.11. The van der Waals surface area contributed by atoms with Crippen molar-refractivity contribution in [2.75, 3.05) is 19.8 Å². The molecule has 5 nitrogen and oxygen atoms in total. The van der Waals surface area contributed by atoms with Crippen LogP contribution in [0.2, 0.25) is 0 Å². The zero-order valence-corrected chi connectivity index (χ0v) is 15.9. The van der Waals surface area contributed by atoms with Crippen LogP contribution < -0.4 is 14.3 Å². The average molecular weight is 395 g/mol. The smallest absolute Gasteiger partial charge is 0.206 e. The van der Waals surface area contributed by atoms with Crippen molar-refractivity contribution in [1.82, 2.24) is 4.68 Å². The summed E-state index contributed by atoms with van der Waals surface area (Å²) in [5.41, 5.74) is 2.57. The molecular weight excluding hydrogens is 377 g/mol. The van der Waals surface area contributed by atoms with E-state index in [9.17, 15) is 4.39 Å². The Morgan fingerprint density at radius 1 is 1.11 bits per heavy atom. The quantitative estimate of drug-likeness (QED) is 0.482. The van der Waals surface area contributed by atoms with Gasteiger partial charge in [0.1, 0.15) is 19.0 Å². The molecule has 1 aliphatic rings. The Morgan fingerprint density at radius 3 is 2.68 bits per heavy atom. The average Bonchev–Trinajstić information content (AvgIpc) is 3.13. The number of ether oxygens (including phenoxy) is 2. The highest BCUT2D eigenvalue weighted by molar-refractivity contribution is 7.07. The summed E-state index contributed by atoms with van der Waals surface area (Å²) in [5, 5.41) is 6.58. The Morgan fingerprint density at radius 2 is 1.89 bits per heavy atom. The van der Waals surface area contributed by atoms with E-state index >= 15 is 0 Å². The molecule has 3 aromatic rings. The maximum Gasteiger partial charge on any atom is 0.206 e. The van der Waals surface area contributed by atoms with E-state index in [1.165, 1.54) is 23.5 Å². The third kappa shape index (κ3) is 3.89. The first-order valence-corrected chi connectivity index (χ1v) is 9.64. The van der Waals surface area contributed by atoms with Crippen LogP contribution in [-0.4, -0.2) is 30.6 Å². The van der Waals surface area contributed by atoms with Crippen molar-refractivity contribution < 1.29 is 13.9 Å². The van der Waals surface area contributed by atoms with Gasteiger partial charge < -0.3 is 9.47 Å². The van der Waals surface area contributed by atoms with Crippen LogP contribution >= 0.6 is 11.3 Å². The Kier molecular flexibility index (Phi) is 5.34. The monoisotopic (exact) mass is 395 g/mol. The molecule has 4 rings (SSSR count). The van der Waals surface area contributed by atoms with Gasteiger partial charge in [-0.05, 0) is 48.0 Å². The summed E-state index contributed by atoms with van der Waals surface area (Å²) < 4.78 is 26.2. The molecule has 0 radical (unpaired) electrons. The van der Waals surface area contributed by atoms with Crippen LogP contribution in [-0.2, 0) is 0 Å². The van der Waals surface area contributed by atoms with Crippen molar-refractivity contribution in [3.8, 4) is 22.8 Å². The Hall–Kier alpha value is -3.19. The molecule has 0 unspecified atom stereocenters. The van der Waals surface area contributed by atoms with E-state index in [1.54, 1.807) is 29.1 Å². The molecule has 0 saturated heterocycles. The van der Waals surface area contributed by atoms with Crippen LogP contribution in [0, 0.1) is 5.82 Å². The highest BCUT2D eigenvalue weighted by Crippen LogP contribution is 2.30. The molecule has 0 spiro atoms. The number of fused-ring (bicyclic) bond motifs is 1. The Bertz CT molecular complexity index is 1080. The zero-order valence-electron chi connectivity index (χ0n) is 15.0. The first kappa shape index (κ1) is 18.2. The fourth-order valence-electron chi connectivity index (χ4n) is 2.75. The summed E-state index contributed by atoms with van der Waals surface area (Å²) in [6.45, 7) is 5.29. The second kappa shape index (κ2) is 8.22. The van der Waals surface area contributed by atoms with E-state index in [2.05, 4.69) is 16.7 Å². The lowest BCUT2D eigenvalue weighted by atomic mass is 10.2. The predicted octanol–water partition coefficient (Wildman–Crippen LogP) is 4.10. The molecular formula is C21H18FN3O2S. The third-order valence-corrected chi connectivity index (χ3v) is 4.92. The summed E-state index contributed by atoms with van der Waals surface area (Å²) >= 11 is 1.47. The van der Waals surface area contributed by atoms with Crippen molar-refractivity contribution in [2.24, 2.45) is 10.1 Å². The van der Waals surface area contributed by atoms with E-state index < -0.39 is 0 Å². The van der Waals surface area contributed by atoms with E-state index in [-0.39, 0.29) is 5.82 Å². The number of hydrogen-bond donors (Lipinski definition) is 0. The highest BCUT2D eigenvalue weighted by atomic mass is 32.1. The summed E-state index contributed by atoms with van der Waals surface area (Å²) in [6, 6.07) is 12.0. The van der Waals surface area contributed by atoms with Gasteiger partial charge >= 0.3 is 0 Å². The third-order valence-electron chi connectivity index (χ3n) is 4.07. The van der Waals surface area contributed by atoms with Crippen LogP contribution in [0.4, 0.5) is 4.39 Å². The zero-order chi connectivity index (χ0) is 19.3. The molecule has 1 aromatic heterocycles. The number of benzene rings is 2. The molecule has 28 heavy (non-hydrogen) atoms. The molecule has 0 N–H and O–H groups in total. The molecule has 7 heteroatoms. The fraction of sp³-hybridized carbons (Fsp3) is 0.143. The lowest BCUT2D eigenvalue weighted by molar-refractivity contribution is 0.171. The summed E-state index contributed by atoms with van der Waals surface area (Å²) in [7, 11) is 0. The molecule has 1 aliphatic heterocycles. The van der Waals surface area contributed by atoms with Crippen LogP contribution in [0.5, 0.6) is 11.5 Å². The maximum atomic E-state index is 13.3. The molecule has 0 amide bonds. The molecule has 0 aliphatic carbocycles. The molecule has 2 aromatic carbocycles. The number of aromatic nitrogens is 1. The number of hydrogen-bond acceptors (Lipinski definition) is 5. The summed E-state index contributed by atoms with van der Waals surface area (Å²) in [4.78, 5) is 5.23. The van der Waals surface area contributed by atoms with Crippen molar-refractivity contribution in [3.63, 3.8) is 0 Å². The van der Waals surface area contributed by atoms with Gasteiger partial charge in [-0.1, -0.05) is 6.08 Å². The van der Waals surface area contributed by atoms with Gasteiger partial charge in [0.05, 0.1) is 18.5 Å². The van der Waals surface area contributed by atoms with Gasteiger partial charge in [-0.2, -0.15) is 5.10 Å². The minimum Gasteiger partial charge on any atom is -0.486 e. The number of rotatable bonds is 5. The van der Waals surface area contributed by atoms with Gasteiger partial charge in [0, 0.05) is 10.9 Å². The van der Waals surface area contributed by atoms with Crippen LogP contribution in [0.15, 0.2) is 70.6 Å². The van der Waals surface area contributed by atoms with Gasteiger partial charge in [-0.25, -0.2) is 9.07 Å². The second-order valence-corrected chi connectivity index (χ2v) is 6.84. The summed E-state index contributed by atoms with van der Waals surface area (Å²) in [5.74, 6) is 1.17. The minimum absolute atomic E-state index is 0.276. The van der Waals surface area contributed by atoms with Gasteiger partial charge in [0.25, 0.3) is 0 Å². The van der Waals surface area contributed by atoms with Crippen molar-refractivity contribution >= 4 is 17.6 Å². The Balaban J connectivity index is 1.73. The summed E-state index contributed by atoms with van der Waals surface area (Å²) in [6.07, 6.45) is 3.47. The van der Waals surface area contributed by atoms with E-state index in [4.69, 9.17) is 9.47 Å². The second-order valence-electron chi connectivity index (χ2n) is 6.00. The normalized spacial score (nSPS) is 13.8. The first-order chi connectivity index (χ1) is 13.7. The number of nitrogens with zero attached hydrogens (tertiary/aromatic N) is 3. The van der Waals surface area contributed by atoms with Gasteiger partial charge in [-0.15, -0.1) is 17.9 Å². The topological polar surface area (TPSA) is 48.1 Å². The SMILES string of the molecule is C=CCN=c1scc(-c2ccc(F)cc2)n1/N=C/c1ccc2c(c1)OCCO2. The standard InChI is InChI=1S/C21H18FN3O2S/c1-2-9-23-21-25(18(14-28-21)16-4-6-17(22)7-5-16)24-13-15-3-8-19-20(12-15)27-11-10-26-19/h2-8,12-14H,1,9-11H2/b23-21?,24-13+. The lowest BCUT2D eigenvalue weighted by Crippen LogP contribution is -2.15. The van der Waals surface area contributed by atoms with E-state index in [0.29, 0.717) is 25.5 Å². The van der Waals surface area contributed by atoms with Crippen LogP contribution in [0.3, 0.4) is 0 Å². The van der Waals surface area contributed by atoms with Gasteiger partial charge in [0.2, 0.25) is 4.80 Å². The van der Waals surface area contributed by atoms with Crippen LogP contribution in [0.1, 0.15) is 5.56 Å². The van der Waals surface area contributed by atoms with Crippen molar-refractivity contribution in [2.45, 2.75) is 0 Å². The van der Waals surface area contributed by atoms with Gasteiger partial charge in [0.15, 0.2) is 11.5 Å². The minimum atomic E-state index is -0.276. The predicted molar refractivity (Wildman–Crippen MR) is 109 cm³/mol. The molecule has 0 fully saturated rings. The molecule has 142 valence electrons. The molecule has 0 bridgehead atoms. The van der Waals surface area contributed by atoms with E-state index in [0.717, 1.165) is 27.4 Å². The lowest BCUT2D eigenvalue weighted by Gasteiger charge is -2.18. The molecule has 0 atom stereocenters. The number of halogens is 1. The van der Waals surface area contributed by atoms with Crippen molar-refractivity contribution in [1.29, 1.82) is 0 Å². The molecule has 0 saturated carbocycles. The van der Waals surface area contributed by atoms with E-state index in [1.807, 2.05) is 23.6 Å². The number of thiazole rings is 1. The fourth-order valence-corrected chi connectivity index (χ4v) is 3.59. The first-order valence-electron chi connectivity index (χ1n) is 8.76. The molecule has 2 heterocycles.